The summed E-state index contributed by atoms with van der Waals surface area (Å²) in [6.07, 6.45) is 0.189. The van der Waals surface area contributed by atoms with Crippen LogP contribution in [0.4, 0.5) is 5.69 Å². The first-order chi connectivity index (χ1) is 9.74. The molecule has 2 aliphatic heterocycles. The van der Waals surface area contributed by atoms with E-state index in [1.165, 1.54) is 0 Å². The number of carbonyl (C=O) groups excluding carboxylic acids is 2. The number of benzene rings is 1. The summed E-state index contributed by atoms with van der Waals surface area (Å²) in [5.41, 5.74) is -0.434. The van der Waals surface area contributed by atoms with Gasteiger partial charge in [-0.25, -0.2) is 0 Å². The van der Waals surface area contributed by atoms with Crippen LogP contribution >= 0.6 is 0 Å². The average Bonchev–Trinajstić information content (AvgIpc) is 2.62. The number of aliphatic hydroxyl groups is 1. The first-order valence-electron chi connectivity index (χ1n) is 7.06. The molecule has 0 aromatic heterocycles. The monoisotopic (exact) mass is 289 g/mol. The van der Waals surface area contributed by atoms with E-state index in [0.717, 1.165) is 5.56 Å². The van der Waals surface area contributed by atoms with Gasteiger partial charge in [-0.1, -0.05) is 17.7 Å². The number of hydrogen-bond donors (Lipinski definition) is 2. The van der Waals surface area contributed by atoms with Gasteiger partial charge in [0.15, 0.2) is 5.60 Å². The third kappa shape index (κ3) is 2.08. The number of nitrogens with one attached hydrogen (secondary N) is 1. The van der Waals surface area contributed by atoms with Crippen LogP contribution in [0.3, 0.4) is 0 Å². The maximum atomic E-state index is 12.4. The summed E-state index contributed by atoms with van der Waals surface area (Å²) < 4.78 is 5.66. The van der Waals surface area contributed by atoms with Crippen LogP contribution in [0.2, 0.25) is 0 Å². The van der Waals surface area contributed by atoms with E-state index in [0.29, 0.717) is 11.3 Å². The van der Waals surface area contributed by atoms with E-state index >= 15 is 0 Å². The van der Waals surface area contributed by atoms with E-state index < -0.39 is 23.0 Å². The van der Waals surface area contributed by atoms with Crippen molar-refractivity contribution in [1.82, 2.24) is 0 Å². The van der Waals surface area contributed by atoms with Crippen molar-refractivity contribution in [3.63, 3.8) is 0 Å². The number of amides is 1. The Bertz CT molecular complexity index is 637. The predicted octanol–water partition coefficient (Wildman–Crippen LogP) is 1.52. The van der Waals surface area contributed by atoms with Gasteiger partial charge in [-0.2, -0.15) is 0 Å². The smallest absolute Gasteiger partial charge is 0.261 e. The van der Waals surface area contributed by atoms with Crippen molar-refractivity contribution in [1.29, 1.82) is 0 Å². The van der Waals surface area contributed by atoms with E-state index in [-0.39, 0.29) is 18.8 Å². The van der Waals surface area contributed by atoms with Gasteiger partial charge in [-0.15, -0.1) is 0 Å². The number of ether oxygens (including phenoxy) is 1. The fraction of sp³-hybridized carbons (Fsp3) is 0.500. The molecule has 3 rings (SSSR count). The Labute approximate surface area is 123 Å². The maximum absolute atomic E-state index is 12.4. The fourth-order valence-corrected chi connectivity index (χ4v) is 3.12. The molecule has 2 aliphatic rings. The van der Waals surface area contributed by atoms with Gasteiger partial charge in [0.05, 0.1) is 18.1 Å². The zero-order valence-electron chi connectivity index (χ0n) is 12.4. The summed E-state index contributed by atoms with van der Waals surface area (Å²) in [6, 6.07) is 5.35. The summed E-state index contributed by atoms with van der Waals surface area (Å²) in [5.74, 6) is -1.56. The molecule has 5 heteroatoms. The molecule has 2 unspecified atom stereocenters. The molecule has 2 heterocycles. The Kier molecular flexibility index (Phi) is 2.97. The molecule has 1 aromatic rings. The highest BCUT2D eigenvalue weighted by atomic mass is 16.5. The Morgan fingerprint density at radius 2 is 2.05 bits per heavy atom. The molecule has 2 atom stereocenters. The van der Waals surface area contributed by atoms with E-state index in [4.69, 9.17) is 4.74 Å². The largest absolute Gasteiger partial charge is 0.375 e. The van der Waals surface area contributed by atoms with Crippen LogP contribution in [0.15, 0.2) is 18.2 Å². The lowest BCUT2D eigenvalue weighted by atomic mass is 9.75. The topological polar surface area (TPSA) is 75.6 Å². The van der Waals surface area contributed by atoms with Crippen molar-refractivity contribution in [3.8, 4) is 0 Å². The third-order valence-electron chi connectivity index (χ3n) is 4.31. The number of aryl methyl sites for hydroxylation is 1. The van der Waals surface area contributed by atoms with Crippen molar-refractivity contribution < 1.29 is 19.4 Å². The molecule has 0 spiro atoms. The molecule has 0 bridgehead atoms. The third-order valence-corrected chi connectivity index (χ3v) is 4.31. The van der Waals surface area contributed by atoms with Crippen LogP contribution in [-0.4, -0.2) is 29.0 Å². The number of Topliss-reactive ketones (excluding diaryl/α,β-unsaturated/α-hetero) is 1. The van der Waals surface area contributed by atoms with Crippen LogP contribution in [0, 0.1) is 12.8 Å². The minimum absolute atomic E-state index is 0.0448. The van der Waals surface area contributed by atoms with Crippen molar-refractivity contribution in [2.24, 2.45) is 5.92 Å². The van der Waals surface area contributed by atoms with Gasteiger partial charge < -0.3 is 15.2 Å². The number of anilines is 1. The van der Waals surface area contributed by atoms with E-state index in [1.807, 2.05) is 26.8 Å². The van der Waals surface area contributed by atoms with Gasteiger partial charge in [-0.05, 0) is 26.8 Å². The normalized spacial score (nSPS) is 31.0. The van der Waals surface area contributed by atoms with Crippen molar-refractivity contribution in [3.05, 3.63) is 29.3 Å². The summed E-state index contributed by atoms with van der Waals surface area (Å²) in [4.78, 5) is 24.7. The first-order valence-corrected chi connectivity index (χ1v) is 7.06. The molecule has 0 saturated carbocycles. The number of fused-ring (bicyclic) bond motifs is 1. The molecule has 1 fully saturated rings. The van der Waals surface area contributed by atoms with Gasteiger partial charge in [0.1, 0.15) is 5.78 Å². The average molecular weight is 289 g/mol. The van der Waals surface area contributed by atoms with Gasteiger partial charge in [0, 0.05) is 17.7 Å². The molecule has 1 aromatic carbocycles. The highest BCUT2D eigenvalue weighted by Gasteiger charge is 2.56. The Hall–Kier alpha value is -1.72. The highest BCUT2D eigenvalue weighted by Crippen LogP contribution is 2.44. The first kappa shape index (κ1) is 14.2. The quantitative estimate of drug-likeness (QED) is 0.822. The van der Waals surface area contributed by atoms with Crippen LogP contribution in [0.1, 0.15) is 31.4 Å². The highest BCUT2D eigenvalue weighted by molar-refractivity contribution is 6.08. The predicted molar refractivity (Wildman–Crippen MR) is 76.9 cm³/mol. The van der Waals surface area contributed by atoms with E-state index in [9.17, 15) is 14.7 Å². The lowest BCUT2D eigenvalue weighted by Gasteiger charge is -2.39. The lowest BCUT2D eigenvalue weighted by Crippen LogP contribution is -2.53. The Morgan fingerprint density at radius 1 is 1.33 bits per heavy atom. The van der Waals surface area contributed by atoms with Crippen molar-refractivity contribution >= 4 is 17.4 Å². The molecule has 1 saturated heterocycles. The van der Waals surface area contributed by atoms with Crippen molar-refractivity contribution in [2.75, 3.05) is 11.9 Å². The Morgan fingerprint density at radius 3 is 2.71 bits per heavy atom. The zero-order chi connectivity index (χ0) is 15.4. The van der Waals surface area contributed by atoms with Gasteiger partial charge in [-0.3, -0.25) is 9.59 Å². The lowest BCUT2D eigenvalue weighted by molar-refractivity contribution is -0.171. The van der Waals surface area contributed by atoms with Crippen LogP contribution in [0.5, 0.6) is 0 Å². The van der Waals surface area contributed by atoms with Crippen LogP contribution in [-0.2, 0) is 19.9 Å². The SMILES string of the molecule is Cc1ccc2c(c1)C(O)(C1COC(C)(C)CC1=O)C(=O)N2. The van der Waals surface area contributed by atoms with E-state index in [1.54, 1.807) is 12.1 Å². The minimum atomic E-state index is -1.84. The summed E-state index contributed by atoms with van der Waals surface area (Å²) in [5, 5.41) is 13.6. The van der Waals surface area contributed by atoms with Gasteiger partial charge >= 0.3 is 0 Å². The number of carbonyl (C=O) groups is 2. The Balaban J connectivity index is 2.04. The molecule has 2 N–H and O–H groups in total. The van der Waals surface area contributed by atoms with Crippen LogP contribution < -0.4 is 5.32 Å². The molecule has 5 nitrogen and oxygen atoms in total. The van der Waals surface area contributed by atoms with Gasteiger partial charge in [0.25, 0.3) is 5.91 Å². The molecule has 21 heavy (non-hydrogen) atoms. The number of hydrogen-bond acceptors (Lipinski definition) is 4. The zero-order valence-corrected chi connectivity index (χ0v) is 12.4. The molecule has 112 valence electrons. The van der Waals surface area contributed by atoms with Crippen molar-refractivity contribution in [2.45, 2.75) is 38.4 Å². The molecule has 0 radical (unpaired) electrons. The second-order valence-electron chi connectivity index (χ2n) is 6.54. The standard InChI is InChI=1S/C16H19NO4/c1-9-4-5-12-10(6-9)16(20,14(19)17-12)11-8-21-15(2,3)7-13(11)18/h4-6,11,20H,7-8H2,1-3H3,(H,17,19). The fourth-order valence-electron chi connectivity index (χ4n) is 3.12. The molecule has 1 amide bonds. The molecular formula is C16H19NO4. The summed E-state index contributed by atoms with van der Waals surface area (Å²) in [7, 11) is 0. The van der Waals surface area contributed by atoms with E-state index in [2.05, 4.69) is 5.32 Å². The number of rotatable bonds is 1. The minimum Gasteiger partial charge on any atom is -0.375 e. The van der Waals surface area contributed by atoms with Crippen LogP contribution in [0.25, 0.3) is 0 Å². The second-order valence-corrected chi connectivity index (χ2v) is 6.54. The van der Waals surface area contributed by atoms with Gasteiger partial charge in [0.2, 0.25) is 0 Å². The molecular weight excluding hydrogens is 270 g/mol. The summed E-state index contributed by atoms with van der Waals surface area (Å²) in [6.45, 7) is 5.59. The summed E-state index contributed by atoms with van der Waals surface area (Å²) >= 11 is 0. The maximum Gasteiger partial charge on any atom is 0.261 e. The second kappa shape index (κ2) is 4.39. The number of ketones is 1. The molecule has 0 aliphatic carbocycles.